The quantitative estimate of drug-likeness (QED) is 0.464. The molecule has 0 radical (unpaired) electrons. The van der Waals surface area contributed by atoms with E-state index in [4.69, 9.17) is 21.7 Å². The lowest BCUT2D eigenvalue weighted by atomic mass is 10.2. The van der Waals surface area contributed by atoms with Gasteiger partial charge in [0.2, 0.25) is 6.79 Å². The summed E-state index contributed by atoms with van der Waals surface area (Å²) in [4.78, 5) is 32.8. The third kappa shape index (κ3) is 3.41. The summed E-state index contributed by atoms with van der Waals surface area (Å²) >= 11 is 6.62. The van der Waals surface area contributed by atoms with E-state index in [1.807, 2.05) is 31.2 Å². The number of aromatic nitrogens is 2. The number of thioether (sulfide) groups is 1. The van der Waals surface area contributed by atoms with E-state index in [1.54, 1.807) is 25.4 Å². The number of benzene rings is 1. The van der Waals surface area contributed by atoms with Gasteiger partial charge in [-0.15, -0.1) is 0 Å². The predicted octanol–water partition coefficient (Wildman–Crippen LogP) is 3.17. The first-order valence-electron chi connectivity index (χ1n) is 9.80. The number of carbonyl (C=O) groups is 1. The standard InChI is InChI=1S/C22H18N4O4S2/c1-12-4-3-7-25-19(12)24-18(23-2)14(20(25)27)9-17-21(28)26(22(31)32-17)10-13-5-6-15-16(8-13)30-11-29-15/h3-9,23H,10-11H2,1-2H3/b17-9+. The number of hydrogen-bond acceptors (Lipinski definition) is 8. The van der Waals surface area contributed by atoms with E-state index in [9.17, 15) is 9.59 Å². The zero-order valence-electron chi connectivity index (χ0n) is 17.2. The topological polar surface area (TPSA) is 85.2 Å². The maximum Gasteiger partial charge on any atom is 0.267 e. The van der Waals surface area contributed by atoms with E-state index >= 15 is 0 Å². The van der Waals surface area contributed by atoms with Crippen LogP contribution in [0.4, 0.5) is 5.82 Å². The van der Waals surface area contributed by atoms with Gasteiger partial charge >= 0.3 is 0 Å². The lowest BCUT2D eigenvalue weighted by Gasteiger charge is -2.14. The number of carbonyl (C=O) groups excluding carboxylic acids is 1. The number of anilines is 1. The van der Waals surface area contributed by atoms with E-state index in [0.29, 0.717) is 44.3 Å². The normalized spacial score (nSPS) is 16.4. The van der Waals surface area contributed by atoms with E-state index < -0.39 is 0 Å². The van der Waals surface area contributed by atoms with Crippen LogP contribution in [0.15, 0.2) is 46.2 Å². The number of nitrogens with zero attached hydrogens (tertiary/aromatic N) is 3. The lowest BCUT2D eigenvalue weighted by Crippen LogP contribution is -2.27. The van der Waals surface area contributed by atoms with Crippen LogP contribution >= 0.6 is 24.0 Å². The zero-order chi connectivity index (χ0) is 22.4. The molecule has 3 aromatic rings. The SMILES string of the molecule is CNc1nc2c(C)cccn2c(=O)c1/C=C1/SC(=S)N(Cc2ccc3c(c2)OCO3)C1=O. The molecule has 162 valence electrons. The van der Waals surface area contributed by atoms with Crippen LogP contribution in [0.3, 0.4) is 0 Å². The largest absolute Gasteiger partial charge is 0.454 e. The number of aryl methyl sites for hydroxylation is 1. The molecule has 0 saturated carbocycles. The number of pyridine rings is 1. The Morgan fingerprint density at radius 2 is 2.06 bits per heavy atom. The minimum atomic E-state index is -0.260. The first kappa shape index (κ1) is 20.5. The van der Waals surface area contributed by atoms with Crippen molar-refractivity contribution in [2.24, 2.45) is 0 Å². The molecule has 8 nitrogen and oxygen atoms in total. The molecule has 0 spiro atoms. The third-order valence-electron chi connectivity index (χ3n) is 5.25. The Labute approximate surface area is 192 Å². The Morgan fingerprint density at radius 3 is 2.88 bits per heavy atom. The van der Waals surface area contributed by atoms with Gasteiger partial charge < -0.3 is 14.8 Å². The summed E-state index contributed by atoms with van der Waals surface area (Å²) in [5.74, 6) is 1.48. The minimum Gasteiger partial charge on any atom is -0.454 e. The Balaban J connectivity index is 1.49. The van der Waals surface area contributed by atoms with Gasteiger partial charge in [-0.2, -0.15) is 0 Å². The van der Waals surface area contributed by atoms with E-state index in [2.05, 4.69) is 10.3 Å². The van der Waals surface area contributed by atoms with Gasteiger partial charge in [-0.3, -0.25) is 18.9 Å². The van der Waals surface area contributed by atoms with Gasteiger partial charge in [0.05, 0.1) is 17.0 Å². The number of ether oxygens (including phenoxy) is 2. The van der Waals surface area contributed by atoms with Crippen LogP contribution in [0.1, 0.15) is 16.7 Å². The summed E-state index contributed by atoms with van der Waals surface area (Å²) in [6.07, 6.45) is 3.23. The maximum absolute atomic E-state index is 13.2. The molecule has 1 aromatic carbocycles. The van der Waals surface area contributed by atoms with Crippen LogP contribution in [-0.2, 0) is 11.3 Å². The highest BCUT2D eigenvalue weighted by molar-refractivity contribution is 8.26. The molecule has 1 saturated heterocycles. The summed E-state index contributed by atoms with van der Waals surface area (Å²) < 4.78 is 12.7. The molecule has 1 fully saturated rings. The van der Waals surface area contributed by atoms with Crippen molar-refractivity contribution < 1.29 is 14.3 Å². The van der Waals surface area contributed by atoms with Crippen molar-refractivity contribution >= 4 is 51.7 Å². The molecule has 1 amide bonds. The second kappa shape index (κ2) is 7.95. The fourth-order valence-corrected chi connectivity index (χ4v) is 4.86. The van der Waals surface area contributed by atoms with Crippen molar-refractivity contribution in [3.05, 3.63) is 68.5 Å². The maximum atomic E-state index is 13.2. The minimum absolute atomic E-state index is 0.186. The lowest BCUT2D eigenvalue weighted by molar-refractivity contribution is -0.122. The monoisotopic (exact) mass is 466 g/mol. The van der Waals surface area contributed by atoms with Gasteiger partial charge in [0.25, 0.3) is 11.5 Å². The van der Waals surface area contributed by atoms with Crippen molar-refractivity contribution in [1.29, 1.82) is 0 Å². The molecule has 4 heterocycles. The Hall–Kier alpha value is -3.37. The average molecular weight is 467 g/mol. The van der Waals surface area contributed by atoms with Crippen molar-refractivity contribution in [3.8, 4) is 11.5 Å². The second-order valence-electron chi connectivity index (χ2n) is 7.27. The molecule has 2 aliphatic rings. The van der Waals surface area contributed by atoms with E-state index in [-0.39, 0.29) is 18.3 Å². The van der Waals surface area contributed by atoms with Crippen LogP contribution in [-0.4, -0.2) is 38.4 Å². The highest BCUT2D eigenvalue weighted by Crippen LogP contribution is 2.36. The van der Waals surface area contributed by atoms with Crippen molar-refractivity contribution in [1.82, 2.24) is 14.3 Å². The molecule has 2 aliphatic heterocycles. The number of hydrogen-bond donors (Lipinski definition) is 1. The Kier molecular flexibility index (Phi) is 5.10. The van der Waals surface area contributed by atoms with Gasteiger partial charge in [0, 0.05) is 13.2 Å². The Bertz CT molecular complexity index is 1380. The summed E-state index contributed by atoms with van der Waals surface area (Å²) in [5, 5.41) is 2.97. The second-order valence-corrected chi connectivity index (χ2v) is 8.95. The fraction of sp³-hybridized carbons (Fsp3) is 0.182. The molecule has 0 bridgehead atoms. The smallest absolute Gasteiger partial charge is 0.267 e. The first-order valence-corrected chi connectivity index (χ1v) is 11.0. The molecule has 0 aliphatic carbocycles. The van der Waals surface area contributed by atoms with Crippen LogP contribution < -0.4 is 20.3 Å². The summed E-state index contributed by atoms with van der Waals surface area (Å²) in [6.45, 7) is 2.37. The summed E-state index contributed by atoms with van der Waals surface area (Å²) in [5.41, 5.74) is 2.35. The molecule has 0 atom stereocenters. The van der Waals surface area contributed by atoms with Gasteiger partial charge in [-0.05, 0) is 42.3 Å². The average Bonchev–Trinajstić information content (AvgIpc) is 3.35. The van der Waals surface area contributed by atoms with Crippen molar-refractivity contribution in [2.45, 2.75) is 13.5 Å². The van der Waals surface area contributed by atoms with Gasteiger partial charge in [-0.1, -0.05) is 36.1 Å². The van der Waals surface area contributed by atoms with Gasteiger partial charge in [0.15, 0.2) is 11.5 Å². The first-order chi connectivity index (χ1) is 15.5. The van der Waals surface area contributed by atoms with Crippen LogP contribution in [0, 0.1) is 6.92 Å². The molecule has 32 heavy (non-hydrogen) atoms. The number of nitrogens with one attached hydrogen (secondary N) is 1. The van der Waals surface area contributed by atoms with E-state index in [0.717, 1.165) is 11.1 Å². The number of amides is 1. The summed E-state index contributed by atoms with van der Waals surface area (Å²) in [7, 11) is 1.69. The third-order valence-corrected chi connectivity index (χ3v) is 6.63. The van der Waals surface area contributed by atoms with Gasteiger partial charge in [-0.25, -0.2) is 4.98 Å². The number of fused-ring (bicyclic) bond motifs is 2. The molecular weight excluding hydrogens is 448 g/mol. The van der Waals surface area contributed by atoms with Crippen LogP contribution in [0.5, 0.6) is 11.5 Å². The van der Waals surface area contributed by atoms with Gasteiger partial charge in [0.1, 0.15) is 15.8 Å². The zero-order valence-corrected chi connectivity index (χ0v) is 18.9. The number of rotatable bonds is 4. The fourth-order valence-electron chi connectivity index (χ4n) is 3.62. The van der Waals surface area contributed by atoms with Crippen LogP contribution in [0.25, 0.3) is 11.7 Å². The van der Waals surface area contributed by atoms with Crippen molar-refractivity contribution in [2.75, 3.05) is 19.2 Å². The number of thiocarbonyl (C=S) groups is 1. The van der Waals surface area contributed by atoms with E-state index in [1.165, 1.54) is 21.1 Å². The van der Waals surface area contributed by atoms with Crippen LogP contribution in [0.2, 0.25) is 0 Å². The highest BCUT2D eigenvalue weighted by Gasteiger charge is 2.33. The molecule has 2 aromatic heterocycles. The molecule has 1 N–H and O–H groups in total. The molecule has 10 heteroatoms. The predicted molar refractivity (Wildman–Crippen MR) is 127 cm³/mol. The summed E-state index contributed by atoms with van der Waals surface area (Å²) in [6, 6.07) is 9.21. The molecule has 0 unspecified atom stereocenters. The molecular formula is C22H18N4O4S2. The Morgan fingerprint density at radius 1 is 1.25 bits per heavy atom. The highest BCUT2D eigenvalue weighted by atomic mass is 32.2. The van der Waals surface area contributed by atoms with Crippen molar-refractivity contribution in [3.63, 3.8) is 0 Å². The molecule has 5 rings (SSSR count).